The smallest absolute Gasteiger partial charge is 0.0973 e. The van der Waals surface area contributed by atoms with E-state index in [1.165, 1.54) is 127 Å². The Bertz CT molecular complexity index is 8690. The van der Waals surface area contributed by atoms with Crippen LogP contribution in [0.2, 0.25) is 0 Å². The van der Waals surface area contributed by atoms with Crippen molar-refractivity contribution in [3.8, 4) is 101 Å². The Kier molecular flexibility index (Phi) is 18.6. The normalized spacial score (nSPS) is 13.2. The van der Waals surface area contributed by atoms with E-state index in [1.807, 2.05) is 42.5 Å². The summed E-state index contributed by atoms with van der Waals surface area (Å²) in [7, 11) is 0. The fourth-order valence-electron chi connectivity index (χ4n) is 21.8. The average molecular weight is 1690 g/mol. The number of hydrogen-bond donors (Lipinski definition) is 0. The quantitative estimate of drug-likeness (QED) is 0.127. The first-order valence-corrected chi connectivity index (χ1v) is 45.8. The topological polar surface area (TPSA) is 77.3 Å². The lowest BCUT2D eigenvalue weighted by Crippen LogP contribution is -2.28. The van der Waals surface area contributed by atoms with E-state index in [-0.39, 0.29) is 5.41 Å². The Morgan fingerprint density at radius 3 is 0.812 bits per heavy atom. The van der Waals surface area contributed by atoms with E-state index in [4.69, 9.17) is 29.9 Å². The summed E-state index contributed by atoms with van der Waals surface area (Å²) in [6, 6.07) is 170. The lowest BCUT2D eigenvalue weighted by Gasteiger charge is -2.34. The van der Waals surface area contributed by atoms with Gasteiger partial charge < -0.3 is 0 Å². The van der Waals surface area contributed by atoms with Crippen LogP contribution in [0.3, 0.4) is 0 Å². The van der Waals surface area contributed by atoms with E-state index in [1.54, 1.807) is 0 Å². The summed E-state index contributed by atoms with van der Waals surface area (Å²) in [5, 5.41) is 11.8. The number of rotatable bonds is 10. The highest BCUT2D eigenvalue weighted by Crippen LogP contribution is 2.60. The standard InChI is InChI=1S/C47H30N2.C43H28N2.C37H26N2/c1-4-15-32(16-5-1)44-45(48-43-27-26-31-14-10-11-21-38(31)46(43)49-44)34-25-24-33-29-40-39-22-12-13-23-41(39)47(36-17-6-2-7-18-36,37-19-8-3-9-20-37)42(40)30-35(33)28-34;1-4-14-29(15-5-1)41-42(45-40-23-13-12-22-39(40)44-41)31-25-24-30-27-36-35-20-10-11-21-37(35)43(33-16-6-2-7-17-33,34-18-8-3-9-19-34)38(36)28-32(30)26-31;1-37(2)31-15-9-8-14-29(31)30-21-25-16-17-26(20-27(25)22-32(30)37)35-34(24-11-4-3-5-12-24)38-33-19-18-23-10-6-7-13-28(23)36(33)39-35/h1-30H;1-28H;3-22H,1-2H3. The van der Waals surface area contributed by atoms with Crippen molar-refractivity contribution < 1.29 is 0 Å². The van der Waals surface area contributed by atoms with Crippen LogP contribution in [0.1, 0.15) is 69.5 Å². The predicted molar refractivity (Wildman–Crippen MR) is 551 cm³/mol. The van der Waals surface area contributed by atoms with Gasteiger partial charge in [0.15, 0.2) is 0 Å². The fourth-order valence-corrected chi connectivity index (χ4v) is 21.8. The molecule has 3 aliphatic carbocycles. The molecule has 0 fully saturated rings. The molecule has 21 aromatic carbocycles. The zero-order valence-corrected chi connectivity index (χ0v) is 73.2. The first-order chi connectivity index (χ1) is 65.7. The molecule has 622 valence electrons. The highest BCUT2D eigenvalue weighted by atomic mass is 14.9. The van der Waals surface area contributed by atoms with Crippen LogP contribution in [0.25, 0.3) is 188 Å². The highest BCUT2D eigenvalue weighted by Gasteiger charge is 2.48. The van der Waals surface area contributed by atoms with Gasteiger partial charge in [0.25, 0.3) is 0 Å². The van der Waals surface area contributed by atoms with E-state index < -0.39 is 10.8 Å². The second-order valence-corrected chi connectivity index (χ2v) is 35.8. The van der Waals surface area contributed by atoms with Gasteiger partial charge in [-0.05, 0) is 211 Å². The second kappa shape index (κ2) is 31.7. The zero-order chi connectivity index (χ0) is 88.3. The van der Waals surface area contributed by atoms with Crippen molar-refractivity contribution >= 4 is 87.0 Å². The van der Waals surface area contributed by atoms with Crippen LogP contribution >= 0.6 is 0 Å². The van der Waals surface area contributed by atoms with Gasteiger partial charge in [0.2, 0.25) is 0 Å². The molecule has 3 heterocycles. The number of benzene rings is 21. The fraction of sp³-hybridized carbons (Fsp3) is 0.0394. The van der Waals surface area contributed by atoms with Crippen molar-refractivity contribution in [1.82, 2.24) is 29.9 Å². The third-order valence-electron chi connectivity index (χ3n) is 28.0. The van der Waals surface area contributed by atoms with E-state index in [9.17, 15) is 0 Å². The minimum Gasteiger partial charge on any atom is -0.244 e. The molecule has 0 spiro atoms. The van der Waals surface area contributed by atoms with Gasteiger partial charge in [0.05, 0.1) is 78.1 Å². The molecule has 0 N–H and O–H groups in total. The maximum atomic E-state index is 5.35. The molecule has 6 heteroatoms. The number of nitrogens with zero attached hydrogens (tertiary/aromatic N) is 6. The summed E-state index contributed by atoms with van der Waals surface area (Å²) >= 11 is 0. The van der Waals surface area contributed by atoms with Crippen molar-refractivity contribution in [2.45, 2.75) is 30.1 Å². The first kappa shape index (κ1) is 78.2. The first-order valence-electron chi connectivity index (χ1n) is 45.8. The van der Waals surface area contributed by atoms with Crippen LogP contribution in [0.4, 0.5) is 0 Å². The molecular weight excluding hydrogens is 1610 g/mol. The largest absolute Gasteiger partial charge is 0.244 e. The summed E-state index contributed by atoms with van der Waals surface area (Å²) in [4.78, 5) is 31.5. The maximum Gasteiger partial charge on any atom is 0.0973 e. The average Bonchev–Trinajstić information content (AvgIpc) is 1.55. The summed E-state index contributed by atoms with van der Waals surface area (Å²) < 4.78 is 0. The minimum atomic E-state index is -0.447. The lowest BCUT2D eigenvalue weighted by atomic mass is 9.67. The summed E-state index contributed by atoms with van der Waals surface area (Å²) in [6.45, 7) is 4.67. The molecule has 0 atom stereocenters. The number of aromatic nitrogens is 6. The van der Waals surface area contributed by atoms with Crippen LogP contribution in [-0.4, -0.2) is 29.9 Å². The van der Waals surface area contributed by atoms with Crippen LogP contribution in [0.5, 0.6) is 0 Å². The van der Waals surface area contributed by atoms with Gasteiger partial charge >= 0.3 is 0 Å². The number of para-hydroxylation sites is 2. The van der Waals surface area contributed by atoms with Gasteiger partial charge in [0.1, 0.15) is 0 Å². The van der Waals surface area contributed by atoms with E-state index >= 15 is 0 Å². The lowest BCUT2D eigenvalue weighted by molar-refractivity contribution is 0.661. The molecule has 0 saturated carbocycles. The summed E-state index contributed by atoms with van der Waals surface area (Å²) in [6.07, 6.45) is 0. The molecule has 24 aromatic rings. The van der Waals surface area contributed by atoms with Gasteiger partial charge in [-0.15, -0.1) is 0 Å². The van der Waals surface area contributed by atoms with Crippen LogP contribution in [0.15, 0.2) is 473 Å². The Hall–Kier alpha value is -17.1. The van der Waals surface area contributed by atoms with Gasteiger partial charge in [0, 0.05) is 49.6 Å². The van der Waals surface area contributed by atoms with Crippen LogP contribution < -0.4 is 0 Å². The molecule has 6 nitrogen and oxygen atoms in total. The molecule has 133 heavy (non-hydrogen) atoms. The Labute approximate surface area is 771 Å². The third kappa shape index (κ3) is 12.8. The molecule has 27 rings (SSSR count). The van der Waals surface area contributed by atoms with Crippen molar-refractivity contribution in [3.05, 3.63) is 529 Å². The molecule has 3 aliphatic rings. The highest BCUT2D eigenvalue weighted by molar-refractivity contribution is 6.09. The zero-order valence-electron chi connectivity index (χ0n) is 73.2. The molecule has 0 aliphatic heterocycles. The van der Waals surface area contributed by atoms with E-state index in [2.05, 4.69) is 445 Å². The van der Waals surface area contributed by atoms with Crippen LogP contribution in [-0.2, 0) is 16.2 Å². The molecule has 3 aromatic heterocycles. The van der Waals surface area contributed by atoms with Crippen molar-refractivity contribution in [1.29, 1.82) is 0 Å². The van der Waals surface area contributed by atoms with Gasteiger partial charge in [-0.25, -0.2) is 29.9 Å². The van der Waals surface area contributed by atoms with Crippen molar-refractivity contribution in [2.24, 2.45) is 0 Å². The van der Waals surface area contributed by atoms with E-state index in [0.717, 1.165) is 117 Å². The van der Waals surface area contributed by atoms with Gasteiger partial charge in [-0.2, -0.15) is 0 Å². The molecule has 0 radical (unpaired) electrons. The SMILES string of the molecule is CC1(C)c2ccccc2-c2cc3ccc(-c4nc5c(ccc6ccccc65)nc4-c4ccccc4)cc3cc21.c1ccc(-c2nc3c(ccc4ccccc43)nc2-c2ccc3cc4c(cc3c2)C(c2ccccc2)(c2ccccc2)c2ccccc2-4)cc1.c1ccc(-c2nc3ccccc3nc2-c2ccc3cc4c(cc3c2)C(c2ccccc2)(c2ccccc2)c2ccccc2-4)cc1. The summed E-state index contributed by atoms with van der Waals surface area (Å²) in [5.74, 6) is 0. The maximum absolute atomic E-state index is 5.35. The monoisotopic (exact) mass is 1690 g/mol. The van der Waals surface area contributed by atoms with Gasteiger partial charge in [-0.1, -0.05) is 408 Å². The van der Waals surface area contributed by atoms with Crippen LogP contribution in [0, 0.1) is 0 Å². The minimum absolute atomic E-state index is 0.0347. The second-order valence-electron chi connectivity index (χ2n) is 35.8. The predicted octanol–water partition coefficient (Wildman–Crippen LogP) is 31.7. The Balaban J connectivity index is 0.000000108. The van der Waals surface area contributed by atoms with Crippen molar-refractivity contribution in [3.63, 3.8) is 0 Å². The van der Waals surface area contributed by atoms with E-state index in [0.29, 0.717) is 0 Å². The molecule has 0 saturated heterocycles. The van der Waals surface area contributed by atoms with Gasteiger partial charge in [-0.3, -0.25) is 0 Å². The molecule has 0 unspecified atom stereocenters. The third-order valence-corrected chi connectivity index (χ3v) is 28.0. The Morgan fingerprint density at radius 2 is 0.429 bits per heavy atom. The summed E-state index contributed by atoms with van der Waals surface area (Å²) in [5.41, 5.74) is 37.2. The Morgan fingerprint density at radius 1 is 0.158 bits per heavy atom. The molecule has 0 amide bonds. The molecule has 0 bridgehead atoms. The van der Waals surface area contributed by atoms with Crippen molar-refractivity contribution in [2.75, 3.05) is 0 Å². The number of fused-ring (bicyclic) bond motifs is 19. The number of hydrogen-bond acceptors (Lipinski definition) is 6. The molecular formula is C127H84N6.